The first-order chi connectivity index (χ1) is 14.7. The van der Waals surface area contributed by atoms with Crippen LogP contribution < -0.4 is 14.8 Å². The first kappa shape index (κ1) is 22.3. The topological polar surface area (TPSA) is 123 Å². The third-order valence-electron chi connectivity index (χ3n) is 4.63. The van der Waals surface area contributed by atoms with Gasteiger partial charge in [0.1, 0.15) is 17.6 Å². The van der Waals surface area contributed by atoms with Crippen molar-refractivity contribution in [3.8, 4) is 5.75 Å². The number of hydrogen-bond donors (Lipinski definition) is 2. The van der Waals surface area contributed by atoms with Gasteiger partial charge in [0.05, 0.1) is 12.0 Å². The zero-order chi connectivity index (χ0) is 22.6. The molecule has 1 aliphatic rings. The molecule has 1 unspecified atom stereocenters. The van der Waals surface area contributed by atoms with Gasteiger partial charge >= 0.3 is 5.97 Å². The molecule has 0 aromatic heterocycles. The number of aliphatic imine (C=N–C) groups is 1. The van der Waals surface area contributed by atoms with Gasteiger partial charge in [-0.2, -0.15) is 0 Å². The number of amides is 1. The summed E-state index contributed by atoms with van der Waals surface area (Å²) in [6.45, 7) is 3.12. The van der Waals surface area contributed by atoms with E-state index in [9.17, 15) is 18.0 Å². The van der Waals surface area contributed by atoms with E-state index >= 15 is 0 Å². The molecule has 1 aliphatic heterocycles. The fourth-order valence-corrected chi connectivity index (χ4v) is 4.22. The molecule has 0 aliphatic carbocycles. The number of sulfonamides is 1. The molecule has 0 bridgehead atoms. The minimum atomic E-state index is -3.71. The Morgan fingerprint density at radius 3 is 2.52 bits per heavy atom. The molecule has 3 rings (SSSR count). The summed E-state index contributed by atoms with van der Waals surface area (Å²) in [5.41, 5.74) is 1.16. The first-order valence-electron chi connectivity index (χ1n) is 9.53. The van der Waals surface area contributed by atoms with Crippen LogP contribution in [0.3, 0.4) is 0 Å². The van der Waals surface area contributed by atoms with Crippen LogP contribution in [0, 0.1) is 0 Å². The van der Waals surface area contributed by atoms with Crippen molar-refractivity contribution in [2.75, 3.05) is 7.11 Å². The largest absolute Gasteiger partial charge is 0.496 e. The number of esters is 1. The second-order valence-corrected chi connectivity index (χ2v) is 8.51. The summed E-state index contributed by atoms with van der Waals surface area (Å²) in [6.07, 6.45) is -1.06. The van der Waals surface area contributed by atoms with Crippen molar-refractivity contribution in [3.63, 3.8) is 0 Å². The number of hydrogen-bond acceptors (Lipinski definition) is 7. The second kappa shape index (κ2) is 9.17. The van der Waals surface area contributed by atoms with E-state index in [4.69, 9.17) is 9.47 Å². The minimum absolute atomic E-state index is 0.0633. The van der Waals surface area contributed by atoms with Gasteiger partial charge in [-0.05, 0) is 32.0 Å². The molecule has 31 heavy (non-hydrogen) atoms. The Morgan fingerprint density at radius 1 is 1.10 bits per heavy atom. The van der Waals surface area contributed by atoms with E-state index in [0.717, 1.165) is 5.56 Å². The van der Waals surface area contributed by atoms with Gasteiger partial charge in [0.25, 0.3) is 15.9 Å². The molecule has 1 amide bonds. The number of carbonyl (C=O) groups excluding carboxylic acids is 2. The van der Waals surface area contributed by atoms with Crippen LogP contribution >= 0.6 is 0 Å². The van der Waals surface area contributed by atoms with Gasteiger partial charge in [-0.15, -0.1) is 0 Å². The normalized spacial score (nSPS) is 17.2. The fourth-order valence-electron chi connectivity index (χ4n) is 2.98. The maximum Gasteiger partial charge on any atom is 0.331 e. The van der Waals surface area contributed by atoms with Crippen molar-refractivity contribution in [2.24, 2.45) is 4.99 Å². The number of para-hydroxylation sites is 1. The molecule has 2 N–H and O–H groups in total. The van der Waals surface area contributed by atoms with Crippen molar-refractivity contribution in [3.05, 3.63) is 59.7 Å². The number of carbonyl (C=O) groups is 2. The van der Waals surface area contributed by atoms with Crippen LogP contribution in [0.4, 0.5) is 0 Å². The minimum Gasteiger partial charge on any atom is -0.496 e. The van der Waals surface area contributed by atoms with Gasteiger partial charge in [0, 0.05) is 17.7 Å². The molecule has 164 valence electrons. The first-order valence-corrected chi connectivity index (χ1v) is 11.0. The maximum atomic E-state index is 12.4. The Balaban J connectivity index is 1.61. The van der Waals surface area contributed by atoms with Crippen molar-refractivity contribution in [1.82, 2.24) is 10.0 Å². The molecule has 2 atom stereocenters. The quantitative estimate of drug-likeness (QED) is 0.621. The maximum absolute atomic E-state index is 12.4. The number of benzene rings is 2. The van der Waals surface area contributed by atoms with Crippen LogP contribution in [0.1, 0.15) is 25.0 Å². The van der Waals surface area contributed by atoms with E-state index < -0.39 is 34.0 Å². The summed E-state index contributed by atoms with van der Waals surface area (Å²) in [4.78, 5) is 28.9. The number of nitrogens with one attached hydrogen (secondary N) is 2. The van der Waals surface area contributed by atoms with Crippen molar-refractivity contribution in [2.45, 2.75) is 37.4 Å². The number of amidine groups is 1. The third kappa shape index (κ3) is 5.02. The van der Waals surface area contributed by atoms with Crippen LogP contribution in [-0.4, -0.2) is 45.4 Å². The highest BCUT2D eigenvalue weighted by molar-refractivity contribution is 7.90. The third-order valence-corrected chi connectivity index (χ3v) is 6.03. The highest BCUT2D eigenvalue weighted by atomic mass is 32.2. The Bertz CT molecular complexity index is 1130. The van der Waals surface area contributed by atoms with Crippen LogP contribution in [0.5, 0.6) is 5.75 Å². The predicted molar refractivity (Wildman–Crippen MR) is 113 cm³/mol. The standard InChI is InChI=1S/C21H23N3O6S/c1-13(23-19-16-9-5-7-11-18(16)31(27,28)24-19)21(26)30-14(2)20(25)22-12-15-8-4-6-10-17(15)29-3/h4-11,13-14H,12H2,1-3H3,(H,22,25)(H,23,24)/t13-,14?/m0/s1. The molecule has 2 aromatic carbocycles. The molecule has 0 saturated heterocycles. The van der Waals surface area contributed by atoms with Gasteiger partial charge in [-0.3, -0.25) is 14.5 Å². The van der Waals surface area contributed by atoms with E-state index in [1.807, 2.05) is 18.2 Å². The molecule has 0 fully saturated rings. The SMILES string of the molecule is COc1ccccc1CNC(=O)C(C)OC(=O)[C@H](C)N=C1NS(=O)(=O)c2ccccc21. The molecule has 1 heterocycles. The Hall–Kier alpha value is -3.40. The van der Waals surface area contributed by atoms with E-state index in [-0.39, 0.29) is 17.3 Å². The van der Waals surface area contributed by atoms with Gasteiger partial charge < -0.3 is 14.8 Å². The lowest BCUT2D eigenvalue weighted by Gasteiger charge is -2.16. The molecule has 0 saturated carbocycles. The van der Waals surface area contributed by atoms with Gasteiger partial charge in [-0.25, -0.2) is 13.2 Å². The van der Waals surface area contributed by atoms with Crippen LogP contribution in [0.15, 0.2) is 58.4 Å². The van der Waals surface area contributed by atoms with Crippen molar-refractivity contribution >= 4 is 27.7 Å². The summed E-state index contributed by atoms with van der Waals surface area (Å²) < 4.78 is 37.1. The molecular weight excluding hydrogens is 422 g/mol. The summed E-state index contributed by atoms with van der Waals surface area (Å²) >= 11 is 0. The smallest absolute Gasteiger partial charge is 0.331 e. The fraction of sp³-hybridized carbons (Fsp3) is 0.286. The van der Waals surface area contributed by atoms with E-state index in [2.05, 4.69) is 15.0 Å². The van der Waals surface area contributed by atoms with Crippen molar-refractivity contribution < 1.29 is 27.5 Å². The van der Waals surface area contributed by atoms with Crippen LogP contribution in [0.25, 0.3) is 0 Å². The second-order valence-electron chi connectivity index (χ2n) is 6.86. The average Bonchev–Trinajstić information content (AvgIpc) is 3.02. The van der Waals surface area contributed by atoms with E-state index in [1.165, 1.54) is 27.0 Å². The molecular formula is C21H23N3O6S. The monoisotopic (exact) mass is 445 g/mol. The Labute approximate surface area is 180 Å². The lowest BCUT2D eigenvalue weighted by molar-refractivity contribution is -0.155. The number of fused-ring (bicyclic) bond motifs is 1. The molecule has 0 radical (unpaired) electrons. The molecule has 10 heteroatoms. The summed E-state index contributed by atoms with van der Waals surface area (Å²) in [7, 11) is -2.17. The van der Waals surface area contributed by atoms with Gasteiger partial charge in [0.15, 0.2) is 6.10 Å². The average molecular weight is 445 g/mol. The van der Waals surface area contributed by atoms with Gasteiger partial charge in [0.2, 0.25) is 0 Å². The number of methoxy groups -OCH3 is 1. The van der Waals surface area contributed by atoms with E-state index in [0.29, 0.717) is 11.3 Å². The molecule has 0 spiro atoms. The zero-order valence-corrected chi connectivity index (χ0v) is 18.1. The Kier molecular flexibility index (Phi) is 6.59. The number of nitrogens with zero attached hydrogens (tertiary/aromatic N) is 1. The Morgan fingerprint density at radius 2 is 1.77 bits per heavy atom. The molecule has 9 nitrogen and oxygen atoms in total. The highest BCUT2D eigenvalue weighted by Gasteiger charge is 2.31. The summed E-state index contributed by atoms with van der Waals surface area (Å²) in [5.74, 6) is -0.536. The lowest BCUT2D eigenvalue weighted by Crippen LogP contribution is -2.37. The predicted octanol–water partition coefficient (Wildman–Crippen LogP) is 1.37. The van der Waals surface area contributed by atoms with Crippen molar-refractivity contribution in [1.29, 1.82) is 0 Å². The summed E-state index contributed by atoms with van der Waals surface area (Å²) in [6, 6.07) is 12.5. The van der Waals surface area contributed by atoms with Gasteiger partial charge in [-0.1, -0.05) is 30.3 Å². The summed E-state index contributed by atoms with van der Waals surface area (Å²) in [5, 5.41) is 2.69. The molecule has 2 aromatic rings. The van der Waals surface area contributed by atoms with E-state index in [1.54, 1.807) is 24.3 Å². The number of ether oxygens (including phenoxy) is 2. The highest BCUT2D eigenvalue weighted by Crippen LogP contribution is 2.22. The van der Waals surface area contributed by atoms with Crippen LogP contribution in [0.2, 0.25) is 0 Å². The lowest BCUT2D eigenvalue weighted by atomic mass is 10.2. The van der Waals surface area contributed by atoms with Crippen LogP contribution in [-0.2, 0) is 30.9 Å². The number of rotatable bonds is 7. The zero-order valence-electron chi connectivity index (χ0n) is 17.3.